The predicted molar refractivity (Wildman–Crippen MR) is 50.4 cm³/mol. The minimum atomic E-state index is -4.28. The van der Waals surface area contributed by atoms with Crippen molar-refractivity contribution < 1.29 is 18.0 Å². The molecule has 15 heavy (non-hydrogen) atoms. The largest absolute Gasteiger partial charge is 0.416 e. The Morgan fingerprint density at radius 2 is 1.73 bits per heavy atom. The molecule has 1 aromatic rings. The summed E-state index contributed by atoms with van der Waals surface area (Å²) in [7, 11) is 0. The van der Waals surface area contributed by atoms with Gasteiger partial charge < -0.3 is 4.79 Å². The van der Waals surface area contributed by atoms with Crippen LogP contribution in [0.25, 0.3) is 0 Å². The number of halogens is 3. The topological polar surface area (TPSA) is 17.1 Å². The SMILES string of the molecule is O=CCCCc1ccc(C(F)(F)F)cc1. The van der Waals surface area contributed by atoms with Crippen LogP contribution in [0.5, 0.6) is 0 Å². The molecule has 0 saturated carbocycles. The summed E-state index contributed by atoms with van der Waals surface area (Å²) in [4.78, 5) is 10.0. The molecule has 82 valence electrons. The van der Waals surface area contributed by atoms with E-state index in [0.29, 0.717) is 19.3 Å². The lowest BCUT2D eigenvalue weighted by Gasteiger charge is -2.07. The molecule has 0 fully saturated rings. The van der Waals surface area contributed by atoms with E-state index in [9.17, 15) is 18.0 Å². The molecule has 1 aromatic carbocycles. The van der Waals surface area contributed by atoms with Gasteiger partial charge in [0.05, 0.1) is 5.56 Å². The molecular formula is C11H11F3O. The van der Waals surface area contributed by atoms with Gasteiger partial charge in [-0.2, -0.15) is 13.2 Å². The van der Waals surface area contributed by atoms with Crippen LogP contribution in [0.4, 0.5) is 13.2 Å². The molecule has 0 bridgehead atoms. The van der Waals surface area contributed by atoms with E-state index in [1.807, 2.05) is 0 Å². The summed E-state index contributed by atoms with van der Waals surface area (Å²) in [6, 6.07) is 5.04. The van der Waals surface area contributed by atoms with Crippen molar-refractivity contribution in [2.24, 2.45) is 0 Å². The van der Waals surface area contributed by atoms with Crippen LogP contribution >= 0.6 is 0 Å². The van der Waals surface area contributed by atoms with Crippen molar-refractivity contribution in [3.63, 3.8) is 0 Å². The van der Waals surface area contributed by atoms with Crippen LogP contribution in [0.15, 0.2) is 24.3 Å². The third-order valence-electron chi connectivity index (χ3n) is 2.07. The Hall–Kier alpha value is -1.32. The molecule has 0 spiro atoms. The van der Waals surface area contributed by atoms with Crippen LogP contribution in [-0.2, 0) is 17.4 Å². The second-order valence-electron chi connectivity index (χ2n) is 3.25. The summed E-state index contributed by atoms with van der Waals surface area (Å²) in [5, 5.41) is 0. The minimum Gasteiger partial charge on any atom is -0.303 e. The Kier molecular flexibility index (Phi) is 3.88. The van der Waals surface area contributed by atoms with E-state index >= 15 is 0 Å². The Balaban J connectivity index is 2.60. The highest BCUT2D eigenvalue weighted by Crippen LogP contribution is 2.29. The van der Waals surface area contributed by atoms with Gasteiger partial charge in [0.2, 0.25) is 0 Å². The second kappa shape index (κ2) is 4.96. The zero-order valence-electron chi connectivity index (χ0n) is 8.05. The van der Waals surface area contributed by atoms with Crippen LogP contribution in [-0.4, -0.2) is 6.29 Å². The third-order valence-corrected chi connectivity index (χ3v) is 2.07. The molecule has 4 heteroatoms. The quantitative estimate of drug-likeness (QED) is 0.557. The number of benzene rings is 1. The molecule has 0 N–H and O–H groups in total. The highest BCUT2D eigenvalue weighted by atomic mass is 19.4. The molecule has 0 radical (unpaired) electrons. The first-order valence-electron chi connectivity index (χ1n) is 4.64. The second-order valence-corrected chi connectivity index (χ2v) is 3.25. The first-order valence-corrected chi connectivity index (χ1v) is 4.64. The minimum absolute atomic E-state index is 0.445. The van der Waals surface area contributed by atoms with E-state index < -0.39 is 11.7 Å². The molecule has 0 heterocycles. The zero-order chi connectivity index (χ0) is 11.3. The fourth-order valence-electron chi connectivity index (χ4n) is 1.25. The molecule has 0 aromatic heterocycles. The number of aryl methyl sites for hydroxylation is 1. The normalized spacial score (nSPS) is 11.4. The summed E-state index contributed by atoms with van der Waals surface area (Å²) >= 11 is 0. The molecular weight excluding hydrogens is 205 g/mol. The average Bonchev–Trinajstić information content (AvgIpc) is 2.18. The number of hydrogen-bond acceptors (Lipinski definition) is 1. The molecule has 1 rings (SSSR count). The maximum Gasteiger partial charge on any atom is 0.416 e. The third kappa shape index (κ3) is 3.73. The van der Waals surface area contributed by atoms with E-state index in [1.54, 1.807) is 0 Å². The molecule has 0 aliphatic carbocycles. The van der Waals surface area contributed by atoms with Gasteiger partial charge in [-0.05, 0) is 30.5 Å². The Bertz CT molecular complexity index is 314. The van der Waals surface area contributed by atoms with Crippen molar-refractivity contribution in [1.29, 1.82) is 0 Å². The Morgan fingerprint density at radius 1 is 1.13 bits per heavy atom. The van der Waals surface area contributed by atoms with E-state index in [-0.39, 0.29) is 0 Å². The van der Waals surface area contributed by atoms with Crippen LogP contribution in [0.2, 0.25) is 0 Å². The van der Waals surface area contributed by atoms with E-state index in [2.05, 4.69) is 0 Å². The van der Waals surface area contributed by atoms with Gasteiger partial charge in [-0.15, -0.1) is 0 Å². The van der Waals surface area contributed by atoms with Crippen LogP contribution < -0.4 is 0 Å². The Morgan fingerprint density at radius 3 is 2.20 bits per heavy atom. The van der Waals surface area contributed by atoms with Gasteiger partial charge in [-0.25, -0.2) is 0 Å². The monoisotopic (exact) mass is 216 g/mol. The average molecular weight is 216 g/mol. The highest BCUT2D eigenvalue weighted by molar-refractivity contribution is 5.49. The lowest BCUT2D eigenvalue weighted by molar-refractivity contribution is -0.137. The molecule has 0 amide bonds. The smallest absolute Gasteiger partial charge is 0.303 e. The van der Waals surface area contributed by atoms with Gasteiger partial charge in [0, 0.05) is 6.42 Å². The van der Waals surface area contributed by atoms with Gasteiger partial charge in [0.1, 0.15) is 6.29 Å². The molecule has 0 atom stereocenters. The van der Waals surface area contributed by atoms with Crippen molar-refractivity contribution >= 4 is 6.29 Å². The maximum absolute atomic E-state index is 12.2. The number of carbonyl (C=O) groups excluding carboxylic acids is 1. The van der Waals surface area contributed by atoms with Gasteiger partial charge >= 0.3 is 6.18 Å². The fraction of sp³-hybridized carbons (Fsp3) is 0.364. The Labute approximate surface area is 85.9 Å². The zero-order valence-corrected chi connectivity index (χ0v) is 8.05. The van der Waals surface area contributed by atoms with Crippen molar-refractivity contribution in [1.82, 2.24) is 0 Å². The molecule has 0 aliphatic heterocycles. The lowest BCUT2D eigenvalue weighted by atomic mass is 10.1. The number of carbonyl (C=O) groups is 1. The van der Waals surface area contributed by atoms with Crippen molar-refractivity contribution in [3.8, 4) is 0 Å². The summed E-state index contributed by atoms with van der Waals surface area (Å²) in [5.41, 5.74) is 0.187. The first-order chi connectivity index (χ1) is 7.04. The predicted octanol–water partition coefficient (Wildman–Crippen LogP) is 3.23. The highest BCUT2D eigenvalue weighted by Gasteiger charge is 2.29. The number of aldehydes is 1. The molecule has 1 nitrogen and oxygen atoms in total. The van der Waals surface area contributed by atoms with Gasteiger partial charge in [0.25, 0.3) is 0 Å². The van der Waals surface area contributed by atoms with Crippen LogP contribution in [0.1, 0.15) is 24.0 Å². The van der Waals surface area contributed by atoms with Gasteiger partial charge in [-0.1, -0.05) is 12.1 Å². The molecule has 0 aliphatic rings. The number of hydrogen-bond donors (Lipinski definition) is 0. The van der Waals surface area contributed by atoms with E-state index in [0.717, 1.165) is 24.0 Å². The molecule has 0 unspecified atom stereocenters. The maximum atomic E-state index is 12.2. The van der Waals surface area contributed by atoms with Gasteiger partial charge in [0.15, 0.2) is 0 Å². The van der Waals surface area contributed by atoms with Crippen LogP contribution in [0, 0.1) is 0 Å². The summed E-state index contributed by atoms with van der Waals surface area (Å²) in [6.45, 7) is 0. The fourth-order valence-corrected chi connectivity index (χ4v) is 1.25. The summed E-state index contributed by atoms with van der Waals surface area (Å²) in [5.74, 6) is 0. The van der Waals surface area contributed by atoms with E-state index in [1.165, 1.54) is 12.1 Å². The van der Waals surface area contributed by atoms with Crippen molar-refractivity contribution in [2.45, 2.75) is 25.4 Å². The number of unbranched alkanes of at least 4 members (excludes halogenated alkanes) is 1. The molecule has 0 saturated heterocycles. The number of rotatable bonds is 4. The first kappa shape index (κ1) is 11.8. The van der Waals surface area contributed by atoms with Crippen LogP contribution in [0.3, 0.4) is 0 Å². The summed E-state index contributed by atoms with van der Waals surface area (Å²) < 4.78 is 36.5. The van der Waals surface area contributed by atoms with E-state index in [4.69, 9.17) is 0 Å². The van der Waals surface area contributed by atoms with Gasteiger partial charge in [-0.3, -0.25) is 0 Å². The standard InChI is InChI=1S/C11H11F3O/c12-11(13,14)10-6-4-9(5-7-10)3-1-2-8-15/h4-8H,1-3H2. The number of alkyl halides is 3. The summed E-state index contributed by atoms with van der Waals surface area (Å²) in [6.07, 6.45) is -1.71. The van der Waals surface area contributed by atoms with Crippen molar-refractivity contribution in [3.05, 3.63) is 35.4 Å². The van der Waals surface area contributed by atoms with Crippen molar-refractivity contribution in [2.75, 3.05) is 0 Å². The lowest BCUT2D eigenvalue weighted by Crippen LogP contribution is -2.04.